The molecule has 0 spiro atoms. The number of thiophene rings is 1. The molecule has 1 atom stereocenters. The van der Waals surface area contributed by atoms with Gasteiger partial charge < -0.3 is 9.67 Å². The van der Waals surface area contributed by atoms with Gasteiger partial charge in [0, 0.05) is 18.9 Å². The summed E-state index contributed by atoms with van der Waals surface area (Å²) in [6, 6.07) is 2.00. The van der Waals surface area contributed by atoms with Gasteiger partial charge in [-0.1, -0.05) is 6.92 Å². The molecule has 2 aromatic heterocycles. The van der Waals surface area contributed by atoms with Crippen LogP contribution >= 0.6 is 33.9 Å². The number of imidazole rings is 1. The summed E-state index contributed by atoms with van der Waals surface area (Å²) in [5, 5.41) is 12.2. The molecule has 0 aromatic carbocycles. The van der Waals surface area contributed by atoms with Crippen molar-refractivity contribution in [1.82, 2.24) is 9.55 Å². The van der Waals surface area contributed by atoms with Gasteiger partial charge in [-0.05, 0) is 46.0 Å². The SMILES string of the molecule is CCCn1ccnc1C(O)c1csc(I)c1. The van der Waals surface area contributed by atoms with Gasteiger partial charge in [-0.2, -0.15) is 0 Å². The lowest BCUT2D eigenvalue weighted by atomic mass is 10.2. The van der Waals surface area contributed by atoms with E-state index in [1.54, 1.807) is 17.5 Å². The average Bonchev–Trinajstić information content (AvgIpc) is 2.87. The molecule has 0 aliphatic carbocycles. The van der Waals surface area contributed by atoms with Crippen molar-refractivity contribution in [3.8, 4) is 0 Å². The van der Waals surface area contributed by atoms with Gasteiger partial charge in [0.2, 0.25) is 0 Å². The van der Waals surface area contributed by atoms with E-state index in [2.05, 4.69) is 34.5 Å². The van der Waals surface area contributed by atoms with Crippen LogP contribution in [-0.4, -0.2) is 14.7 Å². The van der Waals surface area contributed by atoms with Crippen LogP contribution in [0, 0.1) is 2.88 Å². The summed E-state index contributed by atoms with van der Waals surface area (Å²) in [6.45, 7) is 3.01. The Morgan fingerprint density at radius 1 is 1.62 bits per heavy atom. The van der Waals surface area contributed by atoms with Crippen molar-refractivity contribution >= 4 is 33.9 Å². The van der Waals surface area contributed by atoms with E-state index in [1.165, 1.54) is 2.88 Å². The Labute approximate surface area is 112 Å². The first kappa shape index (κ1) is 12.1. The van der Waals surface area contributed by atoms with Gasteiger partial charge in [0.15, 0.2) is 0 Å². The van der Waals surface area contributed by atoms with E-state index < -0.39 is 6.10 Å². The number of hydrogen-bond donors (Lipinski definition) is 1. The molecule has 16 heavy (non-hydrogen) atoms. The second-order valence-corrected chi connectivity index (χ2v) is 6.37. The monoisotopic (exact) mass is 348 g/mol. The smallest absolute Gasteiger partial charge is 0.142 e. The lowest BCUT2D eigenvalue weighted by molar-refractivity contribution is 0.204. The van der Waals surface area contributed by atoms with E-state index in [0.717, 1.165) is 24.4 Å². The maximum Gasteiger partial charge on any atom is 0.142 e. The third-order valence-corrected chi connectivity index (χ3v) is 4.17. The Balaban J connectivity index is 2.26. The summed E-state index contributed by atoms with van der Waals surface area (Å²) in [6.07, 6.45) is 4.09. The molecule has 0 bridgehead atoms. The van der Waals surface area contributed by atoms with E-state index >= 15 is 0 Å². The fourth-order valence-corrected chi connectivity index (χ4v) is 3.00. The van der Waals surface area contributed by atoms with Gasteiger partial charge in [0.05, 0.1) is 2.88 Å². The van der Waals surface area contributed by atoms with Crippen molar-refractivity contribution in [3.63, 3.8) is 0 Å². The van der Waals surface area contributed by atoms with Crippen LogP contribution in [0.3, 0.4) is 0 Å². The van der Waals surface area contributed by atoms with Gasteiger partial charge in [-0.15, -0.1) is 11.3 Å². The van der Waals surface area contributed by atoms with Crippen LogP contribution in [0.4, 0.5) is 0 Å². The molecule has 2 aromatic rings. The standard InChI is InChI=1S/C11H13IN2OS/c1-2-4-14-5-3-13-11(14)10(15)8-6-9(12)16-7-8/h3,5-7,10,15H,2,4H2,1H3. The highest BCUT2D eigenvalue weighted by atomic mass is 127. The predicted octanol–water partition coefficient (Wildman–Crippen LogP) is 3.04. The third-order valence-electron chi connectivity index (χ3n) is 2.36. The molecular weight excluding hydrogens is 335 g/mol. The molecule has 1 unspecified atom stereocenters. The number of aromatic nitrogens is 2. The van der Waals surface area contributed by atoms with Crippen LogP contribution in [0.15, 0.2) is 23.8 Å². The zero-order valence-corrected chi connectivity index (χ0v) is 11.9. The average molecular weight is 348 g/mol. The highest BCUT2D eigenvalue weighted by Gasteiger charge is 2.16. The number of rotatable bonds is 4. The summed E-state index contributed by atoms with van der Waals surface area (Å²) < 4.78 is 3.19. The van der Waals surface area contributed by atoms with Gasteiger partial charge >= 0.3 is 0 Å². The Kier molecular flexibility index (Phi) is 3.99. The summed E-state index contributed by atoms with van der Waals surface area (Å²) >= 11 is 3.90. The summed E-state index contributed by atoms with van der Waals surface area (Å²) in [7, 11) is 0. The van der Waals surface area contributed by atoms with Crippen LogP contribution in [-0.2, 0) is 6.54 Å². The second kappa shape index (κ2) is 5.29. The van der Waals surface area contributed by atoms with Crippen molar-refractivity contribution in [2.75, 3.05) is 0 Å². The van der Waals surface area contributed by atoms with Crippen LogP contribution in [0.1, 0.15) is 30.8 Å². The Hall–Kier alpha value is -0.400. The highest BCUT2D eigenvalue weighted by Crippen LogP contribution is 2.26. The van der Waals surface area contributed by atoms with E-state index in [9.17, 15) is 5.11 Å². The number of aliphatic hydroxyl groups is 1. The van der Waals surface area contributed by atoms with Crippen LogP contribution in [0.2, 0.25) is 0 Å². The highest BCUT2D eigenvalue weighted by molar-refractivity contribution is 14.1. The lowest BCUT2D eigenvalue weighted by Crippen LogP contribution is -2.08. The van der Waals surface area contributed by atoms with E-state index in [1.807, 2.05) is 22.2 Å². The Morgan fingerprint density at radius 2 is 2.44 bits per heavy atom. The number of hydrogen-bond acceptors (Lipinski definition) is 3. The summed E-state index contributed by atoms with van der Waals surface area (Å²) in [4.78, 5) is 4.24. The molecule has 0 saturated carbocycles. The zero-order valence-electron chi connectivity index (χ0n) is 8.93. The number of aliphatic hydroxyl groups excluding tert-OH is 1. The first-order valence-electron chi connectivity index (χ1n) is 5.15. The molecule has 0 radical (unpaired) electrons. The molecule has 0 aliphatic rings. The van der Waals surface area contributed by atoms with E-state index in [0.29, 0.717) is 0 Å². The molecule has 0 aliphatic heterocycles. The van der Waals surface area contributed by atoms with Crippen molar-refractivity contribution in [2.24, 2.45) is 0 Å². The third kappa shape index (κ3) is 2.46. The molecular formula is C11H13IN2OS. The molecule has 2 heterocycles. The molecule has 0 amide bonds. The minimum absolute atomic E-state index is 0.610. The van der Waals surface area contributed by atoms with Crippen LogP contribution < -0.4 is 0 Å². The summed E-state index contributed by atoms with van der Waals surface area (Å²) in [5.41, 5.74) is 0.929. The van der Waals surface area contributed by atoms with E-state index in [-0.39, 0.29) is 0 Å². The second-order valence-electron chi connectivity index (χ2n) is 3.57. The van der Waals surface area contributed by atoms with Gasteiger partial charge in [-0.3, -0.25) is 0 Å². The molecule has 0 saturated heterocycles. The van der Waals surface area contributed by atoms with Crippen molar-refractivity contribution in [1.29, 1.82) is 0 Å². The molecule has 2 rings (SSSR count). The maximum atomic E-state index is 10.2. The van der Waals surface area contributed by atoms with Gasteiger partial charge in [-0.25, -0.2) is 4.98 Å². The Morgan fingerprint density at radius 3 is 3.06 bits per heavy atom. The number of halogens is 1. The minimum atomic E-state index is -0.610. The topological polar surface area (TPSA) is 38.0 Å². The lowest BCUT2D eigenvalue weighted by Gasteiger charge is -2.11. The van der Waals surface area contributed by atoms with Crippen LogP contribution in [0.5, 0.6) is 0 Å². The quantitative estimate of drug-likeness (QED) is 0.863. The first-order chi connectivity index (χ1) is 7.72. The first-order valence-corrected chi connectivity index (χ1v) is 7.11. The number of aryl methyl sites for hydroxylation is 1. The normalized spacial score (nSPS) is 12.9. The van der Waals surface area contributed by atoms with Crippen LogP contribution in [0.25, 0.3) is 0 Å². The largest absolute Gasteiger partial charge is 0.380 e. The van der Waals surface area contributed by atoms with Gasteiger partial charge in [0.1, 0.15) is 11.9 Å². The predicted molar refractivity (Wildman–Crippen MR) is 73.6 cm³/mol. The minimum Gasteiger partial charge on any atom is -0.380 e. The summed E-state index contributed by atoms with van der Waals surface area (Å²) in [5.74, 6) is 0.732. The zero-order chi connectivity index (χ0) is 11.5. The van der Waals surface area contributed by atoms with Crippen molar-refractivity contribution < 1.29 is 5.11 Å². The number of nitrogens with zero attached hydrogens (tertiary/aromatic N) is 2. The van der Waals surface area contributed by atoms with Gasteiger partial charge in [0.25, 0.3) is 0 Å². The molecule has 0 fully saturated rings. The molecule has 86 valence electrons. The fraction of sp³-hybridized carbons (Fsp3) is 0.364. The molecule has 3 nitrogen and oxygen atoms in total. The fourth-order valence-electron chi connectivity index (χ4n) is 1.61. The Bertz CT molecular complexity index is 466. The van der Waals surface area contributed by atoms with Crippen molar-refractivity contribution in [2.45, 2.75) is 26.0 Å². The molecule has 1 N–H and O–H groups in total. The van der Waals surface area contributed by atoms with Crippen molar-refractivity contribution in [3.05, 3.63) is 38.1 Å². The maximum absolute atomic E-state index is 10.2. The molecule has 5 heteroatoms. The van der Waals surface area contributed by atoms with E-state index in [4.69, 9.17) is 0 Å².